The van der Waals surface area contributed by atoms with Crippen molar-refractivity contribution in [1.29, 1.82) is 0 Å². The quantitative estimate of drug-likeness (QED) is 0.677. The Balaban J connectivity index is 3.07. The summed E-state index contributed by atoms with van der Waals surface area (Å²) in [6, 6.07) is 3.19. The highest BCUT2D eigenvalue weighted by molar-refractivity contribution is 5.43. The van der Waals surface area contributed by atoms with Crippen LogP contribution in [0.25, 0.3) is 0 Å². The van der Waals surface area contributed by atoms with Crippen molar-refractivity contribution in [3.8, 4) is 11.8 Å². The van der Waals surface area contributed by atoms with Crippen LogP contribution in [0.3, 0.4) is 0 Å². The minimum absolute atomic E-state index is 0.290. The lowest BCUT2D eigenvalue weighted by Crippen LogP contribution is -2.11. The topological polar surface area (TPSA) is 26.0 Å². The molecule has 4 heteroatoms. The lowest BCUT2D eigenvalue weighted by molar-refractivity contribution is -0.137. The SMILES string of the molecule is Cc1cc(C(F)(F)F)ccc1C#CC(C)N. The molecular weight excluding hydrogens is 215 g/mol. The van der Waals surface area contributed by atoms with Crippen molar-refractivity contribution in [2.75, 3.05) is 0 Å². The molecule has 0 bridgehead atoms. The maximum absolute atomic E-state index is 12.4. The van der Waals surface area contributed by atoms with E-state index in [2.05, 4.69) is 11.8 Å². The zero-order valence-electron chi connectivity index (χ0n) is 9.02. The summed E-state index contributed by atoms with van der Waals surface area (Å²) >= 11 is 0. The average molecular weight is 227 g/mol. The first kappa shape index (κ1) is 12.6. The zero-order chi connectivity index (χ0) is 12.3. The Bertz CT molecular complexity index is 436. The minimum atomic E-state index is -4.31. The molecule has 0 radical (unpaired) electrons. The van der Waals surface area contributed by atoms with E-state index in [1.165, 1.54) is 6.07 Å². The van der Waals surface area contributed by atoms with Crippen LogP contribution in [0, 0.1) is 18.8 Å². The molecule has 0 aliphatic rings. The van der Waals surface area contributed by atoms with Gasteiger partial charge in [0, 0.05) is 5.56 Å². The Hall–Kier alpha value is -1.47. The fraction of sp³-hybridized carbons (Fsp3) is 0.333. The van der Waals surface area contributed by atoms with Crippen molar-refractivity contribution in [3.05, 3.63) is 34.9 Å². The number of rotatable bonds is 0. The maximum Gasteiger partial charge on any atom is 0.416 e. The second-order valence-electron chi connectivity index (χ2n) is 3.59. The first-order chi connectivity index (χ1) is 7.30. The largest absolute Gasteiger partial charge is 0.416 e. The van der Waals surface area contributed by atoms with Gasteiger partial charge in [-0.15, -0.1) is 0 Å². The van der Waals surface area contributed by atoms with Crippen molar-refractivity contribution in [3.63, 3.8) is 0 Å². The second kappa shape index (κ2) is 4.58. The Morgan fingerprint density at radius 1 is 1.31 bits per heavy atom. The Kier molecular flexibility index (Phi) is 3.61. The maximum atomic E-state index is 12.4. The highest BCUT2D eigenvalue weighted by atomic mass is 19.4. The molecule has 1 unspecified atom stereocenters. The van der Waals surface area contributed by atoms with Gasteiger partial charge >= 0.3 is 6.18 Å². The number of benzene rings is 1. The van der Waals surface area contributed by atoms with E-state index in [1.54, 1.807) is 13.8 Å². The summed E-state index contributed by atoms with van der Waals surface area (Å²) in [4.78, 5) is 0. The first-order valence-electron chi connectivity index (χ1n) is 4.75. The molecule has 0 aromatic heterocycles. The molecule has 2 N–H and O–H groups in total. The lowest BCUT2D eigenvalue weighted by atomic mass is 10.0. The summed E-state index contributed by atoms with van der Waals surface area (Å²) in [5, 5.41) is 0. The third-order valence-electron chi connectivity index (χ3n) is 1.99. The van der Waals surface area contributed by atoms with E-state index in [9.17, 15) is 13.2 Å². The predicted octanol–water partition coefficient (Wildman–Crippen LogP) is 2.71. The Labute approximate surface area is 92.5 Å². The number of nitrogens with two attached hydrogens (primary N) is 1. The molecule has 1 rings (SSSR count). The monoisotopic (exact) mass is 227 g/mol. The van der Waals surface area contributed by atoms with Gasteiger partial charge in [0.2, 0.25) is 0 Å². The fourth-order valence-corrected chi connectivity index (χ4v) is 1.17. The summed E-state index contributed by atoms with van der Waals surface area (Å²) < 4.78 is 37.1. The van der Waals surface area contributed by atoms with E-state index in [1.807, 2.05) is 0 Å². The van der Waals surface area contributed by atoms with Crippen molar-refractivity contribution >= 4 is 0 Å². The van der Waals surface area contributed by atoms with E-state index in [0.717, 1.165) is 12.1 Å². The molecule has 16 heavy (non-hydrogen) atoms. The van der Waals surface area contributed by atoms with E-state index >= 15 is 0 Å². The summed E-state index contributed by atoms with van der Waals surface area (Å²) in [6.07, 6.45) is -4.31. The molecule has 0 saturated carbocycles. The van der Waals surface area contributed by atoms with Crippen LogP contribution in [-0.2, 0) is 6.18 Å². The summed E-state index contributed by atoms with van der Waals surface area (Å²) in [6.45, 7) is 3.31. The van der Waals surface area contributed by atoms with Gasteiger partial charge in [-0.3, -0.25) is 0 Å². The van der Waals surface area contributed by atoms with Crippen LogP contribution in [0.2, 0.25) is 0 Å². The molecule has 0 amide bonds. The van der Waals surface area contributed by atoms with Gasteiger partial charge < -0.3 is 5.73 Å². The Morgan fingerprint density at radius 3 is 2.38 bits per heavy atom. The van der Waals surface area contributed by atoms with E-state index in [-0.39, 0.29) is 6.04 Å². The molecule has 1 aromatic carbocycles. The third kappa shape index (κ3) is 3.28. The molecule has 0 aliphatic carbocycles. The van der Waals surface area contributed by atoms with Crippen molar-refractivity contribution in [1.82, 2.24) is 0 Å². The normalized spacial score (nSPS) is 12.9. The number of hydrogen-bond donors (Lipinski definition) is 1. The molecule has 0 spiro atoms. The van der Waals surface area contributed by atoms with E-state index < -0.39 is 11.7 Å². The van der Waals surface area contributed by atoms with Gasteiger partial charge in [0.05, 0.1) is 11.6 Å². The second-order valence-corrected chi connectivity index (χ2v) is 3.59. The summed E-state index contributed by atoms with van der Waals surface area (Å²) in [7, 11) is 0. The van der Waals surface area contributed by atoms with Crippen molar-refractivity contribution in [2.45, 2.75) is 26.1 Å². The van der Waals surface area contributed by atoms with Gasteiger partial charge in [-0.1, -0.05) is 11.8 Å². The highest BCUT2D eigenvalue weighted by Crippen LogP contribution is 2.30. The van der Waals surface area contributed by atoms with Crippen LogP contribution < -0.4 is 5.73 Å². The van der Waals surface area contributed by atoms with Crippen LogP contribution in [0.4, 0.5) is 13.2 Å². The van der Waals surface area contributed by atoms with Gasteiger partial charge in [-0.25, -0.2) is 0 Å². The van der Waals surface area contributed by atoms with Gasteiger partial charge in [0.25, 0.3) is 0 Å². The third-order valence-corrected chi connectivity index (χ3v) is 1.99. The minimum Gasteiger partial charge on any atom is -0.318 e. The number of alkyl halides is 3. The standard InChI is InChI=1S/C12H12F3N/c1-8-7-11(12(13,14)15)6-5-10(8)4-3-9(2)16/h5-7,9H,16H2,1-2H3. The summed E-state index contributed by atoms with van der Waals surface area (Å²) in [5.74, 6) is 5.46. The molecule has 0 fully saturated rings. The van der Waals surface area contributed by atoms with Crippen LogP contribution in [-0.4, -0.2) is 6.04 Å². The van der Waals surface area contributed by atoms with Crippen LogP contribution in [0.15, 0.2) is 18.2 Å². The van der Waals surface area contributed by atoms with Gasteiger partial charge in [0.1, 0.15) is 0 Å². The van der Waals surface area contributed by atoms with Gasteiger partial charge in [0.15, 0.2) is 0 Å². The van der Waals surface area contributed by atoms with E-state index in [4.69, 9.17) is 5.73 Å². The predicted molar refractivity (Wildman–Crippen MR) is 56.7 cm³/mol. The number of aryl methyl sites for hydroxylation is 1. The Morgan fingerprint density at radius 2 is 1.94 bits per heavy atom. The number of hydrogen-bond acceptors (Lipinski definition) is 1. The molecular formula is C12H12F3N. The zero-order valence-corrected chi connectivity index (χ0v) is 9.02. The molecule has 0 aliphatic heterocycles. The lowest BCUT2D eigenvalue weighted by Gasteiger charge is -2.08. The average Bonchev–Trinajstić information content (AvgIpc) is 2.14. The van der Waals surface area contributed by atoms with Crippen molar-refractivity contribution < 1.29 is 13.2 Å². The molecule has 1 nitrogen and oxygen atoms in total. The highest BCUT2D eigenvalue weighted by Gasteiger charge is 2.30. The molecule has 1 atom stereocenters. The van der Waals surface area contributed by atoms with E-state index in [0.29, 0.717) is 11.1 Å². The molecule has 86 valence electrons. The first-order valence-corrected chi connectivity index (χ1v) is 4.75. The fourth-order valence-electron chi connectivity index (χ4n) is 1.17. The summed E-state index contributed by atoms with van der Waals surface area (Å²) in [5.41, 5.74) is 5.86. The smallest absolute Gasteiger partial charge is 0.318 e. The molecule has 1 aromatic rings. The van der Waals surface area contributed by atoms with Crippen LogP contribution >= 0.6 is 0 Å². The number of halogens is 3. The van der Waals surface area contributed by atoms with Gasteiger partial charge in [-0.2, -0.15) is 13.2 Å². The molecule has 0 heterocycles. The van der Waals surface area contributed by atoms with Crippen molar-refractivity contribution in [2.24, 2.45) is 5.73 Å². The van der Waals surface area contributed by atoms with Gasteiger partial charge in [-0.05, 0) is 37.6 Å². The van der Waals surface area contributed by atoms with Crippen LogP contribution in [0.1, 0.15) is 23.6 Å². The van der Waals surface area contributed by atoms with Crippen LogP contribution in [0.5, 0.6) is 0 Å². The molecule has 0 saturated heterocycles.